The number of halogens is 1. The molecule has 0 aromatic heterocycles. The number of carbonyl (C=O) groups is 2. The maximum absolute atomic E-state index is 13.1. The van der Waals surface area contributed by atoms with E-state index in [0.29, 0.717) is 31.6 Å². The number of hydrogen-bond acceptors (Lipinski definition) is 2. The van der Waals surface area contributed by atoms with Gasteiger partial charge in [-0.2, -0.15) is 0 Å². The molecule has 1 fully saturated rings. The molecule has 1 aliphatic heterocycles. The third-order valence-electron chi connectivity index (χ3n) is 4.93. The molecule has 1 N–H and O–H groups in total. The minimum Gasteiger partial charge on any atom is -0.343 e. The van der Waals surface area contributed by atoms with E-state index in [0.717, 1.165) is 5.56 Å². The molecule has 1 saturated heterocycles. The number of hydrogen-bond donors (Lipinski definition) is 1. The molecule has 2 amide bonds. The molecule has 130 valence electrons. The van der Waals surface area contributed by atoms with E-state index in [1.165, 1.54) is 12.1 Å². The second-order valence-electron chi connectivity index (χ2n) is 6.42. The van der Waals surface area contributed by atoms with Gasteiger partial charge in [-0.25, -0.2) is 4.39 Å². The highest BCUT2D eigenvalue weighted by atomic mass is 19.1. The summed E-state index contributed by atoms with van der Waals surface area (Å²) in [5.41, 5.74) is 0.815. The van der Waals surface area contributed by atoms with Crippen molar-refractivity contribution < 1.29 is 14.0 Å². The van der Waals surface area contributed by atoms with Crippen LogP contribution in [-0.4, -0.2) is 29.8 Å². The topological polar surface area (TPSA) is 49.4 Å². The lowest BCUT2D eigenvalue weighted by Crippen LogP contribution is -2.50. The molecule has 0 spiro atoms. The van der Waals surface area contributed by atoms with Crippen molar-refractivity contribution in [3.63, 3.8) is 0 Å². The third-order valence-corrected chi connectivity index (χ3v) is 4.93. The highest BCUT2D eigenvalue weighted by Gasteiger charge is 2.43. The summed E-state index contributed by atoms with van der Waals surface area (Å²) in [5.74, 6) is -0.431. The van der Waals surface area contributed by atoms with Gasteiger partial charge in [0.25, 0.3) is 0 Å². The fourth-order valence-electron chi connectivity index (χ4n) is 3.39. The second kappa shape index (κ2) is 7.05. The smallest absolute Gasteiger partial charge is 0.235 e. The van der Waals surface area contributed by atoms with E-state index in [1.807, 2.05) is 30.3 Å². The zero-order valence-corrected chi connectivity index (χ0v) is 14.2. The van der Waals surface area contributed by atoms with Gasteiger partial charge < -0.3 is 10.2 Å². The van der Waals surface area contributed by atoms with Crippen LogP contribution in [0.3, 0.4) is 0 Å². The molecule has 0 bridgehead atoms. The maximum atomic E-state index is 13.1. The Morgan fingerprint density at radius 1 is 1.00 bits per heavy atom. The van der Waals surface area contributed by atoms with Crippen LogP contribution >= 0.6 is 0 Å². The van der Waals surface area contributed by atoms with Crippen LogP contribution < -0.4 is 5.32 Å². The number of benzene rings is 2. The van der Waals surface area contributed by atoms with Crippen molar-refractivity contribution in [2.24, 2.45) is 0 Å². The molecule has 0 aliphatic carbocycles. The van der Waals surface area contributed by atoms with Crippen molar-refractivity contribution in [2.45, 2.75) is 25.2 Å². The van der Waals surface area contributed by atoms with E-state index in [2.05, 4.69) is 5.32 Å². The van der Waals surface area contributed by atoms with Gasteiger partial charge in [-0.05, 0) is 42.7 Å². The first kappa shape index (κ1) is 17.1. The first-order valence-electron chi connectivity index (χ1n) is 8.39. The molecule has 2 aromatic carbocycles. The van der Waals surface area contributed by atoms with Gasteiger partial charge in [0, 0.05) is 25.7 Å². The summed E-state index contributed by atoms with van der Waals surface area (Å²) in [6, 6.07) is 15.4. The summed E-state index contributed by atoms with van der Waals surface area (Å²) in [7, 11) is 0. The predicted molar refractivity (Wildman–Crippen MR) is 94.6 cm³/mol. The van der Waals surface area contributed by atoms with E-state index < -0.39 is 5.41 Å². The number of nitrogens with zero attached hydrogens (tertiary/aromatic N) is 1. The first-order chi connectivity index (χ1) is 12.0. The molecule has 1 heterocycles. The van der Waals surface area contributed by atoms with Crippen LogP contribution in [0.2, 0.25) is 0 Å². The normalized spacial score (nSPS) is 16.3. The van der Waals surface area contributed by atoms with Crippen molar-refractivity contribution in [1.82, 2.24) is 4.90 Å². The fraction of sp³-hybridized carbons (Fsp3) is 0.300. The Bertz CT molecular complexity index is 751. The molecule has 0 atom stereocenters. The van der Waals surface area contributed by atoms with Gasteiger partial charge in [0.1, 0.15) is 5.82 Å². The Hall–Kier alpha value is -2.69. The van der Waals surface area contributed by atoms with E-state index >= 15 is 0 Å². The zero-order chi connectivity index (χ0) is 17.9. The van der Waals surface area contributed by atoms with Gasteiger partial charge in [0.15, 0.2) is 0 Å². The summed E-state index contributed by atoms with van der Waals surface area (Å²) >= 11 is 0. The second-order valence-corrected chi connectivity index (χ2v) is 6.42. The number of anilines is 1. The number of rotatable bonds is 3. The molecular weight excluding hydrogens is 319 g/mol. The Labute approximate surface area is 146 Å². The predicted octanol–water partition coefficient (Wildman–Crippen LogP) is 3.34. The molecule has 0 unspecified atom stereocenters. The third kappa shape index (κ3) is 3.55. The molecular formula is C20H21FN2O2. The van der Waals surface area contributed by atoms with Gasteiger partial charge in [0.05, 0.1) is 5.41 Å². The van der Waals surface area contributed by atoms with Crippen molar-refractivity contribution in [3.05, 3.63) is 66.0 Å². The minimum atomic E-state index is -0.693. The molecule has 0 radical (unpaired) electrons. The molecule has 25 heavy (non-hydrogen) atoms. The SMILES string of the molecule is CC(=O)N1CCC(C(=O)Nc2ccc(F)cc2)(c2ccccc2)CC1. The highest BCUT2D eigenvalue weighted by molar-refractivity contribution is 5.99. The first-order valence-corrected chi connectivity index (χ1v) is 8.39. The minimum absolute atomic E-state index is 0.0283. The summed E-state index contributed by atoms with van der Waals surface area (Å²) in [6.45, 7) is 2.64. The standard InChI is InChI=1S/C20H21FN2O2/c1-15(24)23-13-11-20(12-14-23,16-5-3-2-4-6-16)19(25)22-18-9-7-17(21)8-10-18/h2-10H,11-14H2,1H3,(H,22,25). The monoisotopic (exact) mass is 340 g/mol. The Balaban J connectivity index is 1.88. The summed E-state index contributed by atoms with van der Waals surface area (Å²) in [6.07, 6.45) is 1.12. The summed E-state index contributed by atoms with van der Waals surface area (Å²) < 4.78 is 13.1. The van der Waals surface area contributed by atoms with Crippen LogP contribution in [-0.2, 0) is 15.0 Å². The van der Waals surface area contributed by atoms with E-state index in [-0.39, 0.29) is 17.6 Å². The van der Waals surface area contributed by atoms with Gasteiger partial charge in [0.2, 0.25) is 11.8 Å². The molecule has 2 aromatic rings. The molecule has 5 heteroatoms. The molecule has 4 nitrogen and oxygen atoms in total. The van der Waals surface area contributed by atoms with Crippen molar-refractivity contribution in [1.29, 1.82) is 0 Å². The van der Waals surface area contributed by atoms with E-state index in [1.54, 1.807) is 24.0 Å². The molecule has 3 rings (SSSR count). The number of nitrogens with one attached hydrogen (secondary N) is 1. The van der Waals surface area contributed by atoms with Gasteiger partial charge >= 0.3 is 0 Å². The Morgan fingerprint density at radius 2 is 1.60 bits per heavy atom. The molecule has 0 saturated carbocycles. The van der Waals surface area contributed by atoms with Crippen molar-refractivity contribution in [2.75, 3.05) is 18.4 Å². The lowest BCUT2D eigenvalue weighted by Gasteiger charge is -2.40. The van der Waals surface area contributed by atoms with Crippen LogP contribution in [0.4, 0.5) is 10.1 Å². The van der Waals surface area contributed by atoms with E-state index in [4.69, 9.17) is 0 Å². The van der Waals surface area contributed by atoms with Crippen LogP contribution in [0.25, 0.3) is 0 Å². The summed E-state index contributed by atoms with van der Waals surface area (Å²) in [4.78, 5) is 26.5. The Morgan fingerprint density at radius 3 is 2.16 bits per heavy atom. The van der Waals surface area contributed by atoms with Crippen LogP contribution in [0, 0.1) is 5.82 Å². The Kier molecular flexibility index (Phi) is 4.83. The van der Waals surface area contributed by atoms with Crippen LogP contribution in [0.15, 0.2) is 54.6 Å². The lowest BCUT2D eigenvalue weighted by molar-refractivity contribution is -0.133. The van der Waals surface area contributed by atoms with Gasteiger partial charge in [-0.1, -0.05) is 30.3 Å². The van der Waals surface area contributed by atoms with Gasteiger partial charge in [-0.15, -0.1) is 0 Å². The zero-order valence-electron chi connectivity index (χ0n) is 14.2. The van der Waals surface area contributed by atoms with Crippen LogP contribution in [0.1, 0.15) is 25.3 Å². The maximum Gasteiger partial charge on any atom is 0.235 e. The quantitative estimate of drug-likeness (QED) is 0.931. The number of carbonyl (C=O) groups excluding carboxylic acids is 2. The lowest BCUT2D eigenvalue weighted by atomic mass is 9.72. The number of likely N-dealkylation sites (tertiary alicyclic amines) is 1. The average molecular weight is 340 g/mol. The highest BCUT2D eigenvalue weighted by Crippen LogP contribution is 2.37. The van der Waals surface area contributed by atoms with Crippen molar-refractivity contribution in [3.8, 4) is 0 Å². The largest absolute Gasteiger partial charge is 0.343 e. The summed E-state index contributed by atoms with van der Waals surface area (Å²) in [5, 5.41) is 2.91. The fourth-order valence-corrected chi connectivity index (χ4v) is 3.39. The van der Waals surface area contributed by atoms with Crippen molar-refractivity contribution >= 4 is 17.5 Å². The molecule has 1 aliphatic rings. The number of piperidine rings is 1. The number of amides is 2. The van der Waals surface area contributed by atoms with Gasteiger partial charge in [-0.3, -0.25) is 9.59 Å². The average Bonchev–Trinajstić information content (AvgIpc) is 2.64. The van der Waals surface area contributed by atoms with Crippen LogP contribution in [0.5, 0.6) is 0 Å². The van der Waals surface area contributed by atoms with E-state index in [9.17, 15) is 14.0 Å².